The molecule has 4 nitrogen and oxygen atoms in total. The van der Waals surface area contributed by atoms with Crippen molar-refractivity contribution in [3.8, 4) is 11.3 Å². The summed E-state index contributed by atoms with van der Waals surface area (Å²) in [6.07, 6.45) is 5.61. The molecule has 3 rings (SSSR count). The first kappa shape index (κ1) is 13.5. The molecular formula is C17H18N4. The van der Waals surface area contributed by atoms with Crippen LogP contribution >= 0.6 is 0 Å². The van der Waals surface area contributed by atoms with Crippen LogP contribution in [0.15, 0.2) is 55.0 Å². The van der Waals surface area contributed by atoms with E-state index >= 15 is 0 Å². The number of aromatic nitrogens is 3. The molecule has 0 unspecified atom stereocenters. The Hall–Kier alpha value is -2.46. The zero-order chi connectivity index (χ0) is 14.5. The number of hydrogen-bond acceptors (Lipinski definition) is 3. The minimum absolute atomic E-state index is 0.773. The average Bonchev–Trinajstić information content (AvgIpc) is 2.99. The summed E-state index contributed by atoms with van der Waals surface area (Å²) in [5.74, 6) is 0. The van der Waals surface area contributed by atoms with Gasteiger partial charge in [-0.05, 0) is 29.7 Å². The molecule has 0 bridgehead atoms. The molecule has 0 spiro atoms. The lowest BCUT2D eigenvalue weighted by Gasteiger charge is -2.07. The molecule has 0 fully saturated rings. The monoisotopic (exact) mass is 278 g/mol. The van der Waals surface area contributed by atoms with Gasteiger partial charge in [0.05, 0.1) is 11.9 Å². The lowest BCUT2D eigenvalue weighted by Crippen LogP contribution is -2.13. The van der Waals surface area contributed by atoms with E-state index in [0.29, 0.717) is 0 Å². The number of hydrogen-bond donors (Lipinski definition) is 2. The Bertz CT molecular complexity index is 704. The number of nitrogens with zero attached hydrogens (tertiary/aromatic N) is 2. The van der Waals surface area contributed by atoms with E-state index in [2.05, 4.69) is 39.6 Å². The van der Waals surface area contributed by atoms with E-state index < -0.39 is 0 Å². The van der Waals surface area contributed by atoms with Gasteiger partial charge in [-0.2, -0.15) is 5.10 Å². The van der Waals surface area contributed by atoms with Gasteiger partial charge in [-0.1, -0.05) is 30.3 Å². The molecule has 0 aliphatic heterocycles. The third-order valence-electron chi connectivity index (χ3n) is 3.56. The Labute approximate surface area is 124 Å². The SMILES string of the molecule is Cc1ccncc1CNCc1cn[nH]c1-c1ccccc1. The van der Waals surface area contributed by atoms with Gasteiger partial charge in [-0.3, -0.25) is 10.1 Å². The summed E-state index contributed by atoms with van der Waals surface area (Å²) in [6.45, 7) is 3.68. The topological polar surface area (TPSA) is 53.6 Å². The van der Waals surface area contributed by atoms with Gasteiger partial charge in [-0.25, -0.2) is 0 Å². The van der Waals surface area contributed by atoms with E-state index in [1.54, 1.807) is 0 Å². The maximum absolute atomic E-state index is 4.17. The molecule has 0 aliphatic carbocycles. The standard InChI is InChI=1S/C17H18N4/c1-13-7-8-18-9-15(13)10-19-11-16-12-20-21-17(16)14-5-3-2-4-6-14/h2-9,12,19H,10-11H2,1H3,(H,20,21). The highest BCUT2D eigenvalue weighted by atomic mass is 15.1. The number of nitrogens with one attached hydrogen (secondary N) is 2. The lowest BCUT2D eigenvalue weighted by molar-refractivity contribution is 0.689. The molecular weight excluding hydrogens is 260 g/mol. The third kappa shape index (κ3) is 3.17. The summed E-state index contributed by atoms with van der Waals surface area (Å²) in [4.78, 5) is 4.17. The highest BCUT2D eigenvalue weighted by molar-refractivity contribution is 5.62. The minimum atomic E-state index is 0.773. The summed E-state index contributed by atoms with van der Waals surface area (Å²) in [6, 6.07) is 12.3. The Morgan fingerprint density at radius 3 is 2.62 bits per heavy atom. The van der Waals surface area contributed by atoms with Crippen LogP contribution < -0.4 is 5.32 Å². The van der Waals surface area contributed by atoms with Crippen molar-refractivity contribution >= 4 is 0 Å². The Balaban J connectivity index is 1.67. The summed E-state index contributed by atoms with van der Waals surface area (Å²) in [7, 11) is 0. The van der Waals surface area contributed by atoms with E-state index in [4.69, 9.17) is 0 Å². The van der Waals surface area contributed by atoms with Crippen LogP contribution in [-0.4, -0.2) is 15.2 Å². The van der Waals surface area contributed by atoms with Crippen molar-refractivity contribution in [2.45, 2.75) is 20.0 Å². The van der Waals surface area contributed by atoms with E-state index in [1.165, 1.54) is 16.7 Å². The molecule has 4 heteroatoms. The number of pyridine rings is 1. The Kier molecular flexibility index (Phi) is 4.07. The van der Waals surface area contributed by atoms with Gasteiger partial charge < -0.3 is 5.32 Å². The van der Waals surface area contributed by atoms with Gasteiger partial charge in [0.15, 0.2) is 0 Å². The second-order valence-electron chi connectivity index (χ2n) is 5.04. The summed E-state index contributed by atoms with van der Waals surface area (Å²) >= 11 is 0. The molecule has 2 N–H and O–H groups in total. The summed E-state index contributed by atoms with van der Waals surface area (Å²) in [5.41, 5.74) is 5.88. The first-order valence-corrected chi connectivity index (χ1v) is 7.02. The van der Waals surface area contributed by atoms with Crippen LogP contribution in [0, 0.1) is 6.92 Å². The van der Waals surface area contributed by atoms with Gasteiger partial charge in [0.2, 0.25) is 0 Å². The first-order valence-electron chi connectivity index (χ1n) is 7.02. The van der Waals surface area contributed by atoms with Crippen LogP contribution in [0.25, 0.3) is 11.3 Å². The molecule has 0 atom stereocenters. The molecule has 0 saturated heterocycles. The van der Waals surface area contributed by atoms with Crippen LogP contribution in [0.2, 0.25) is 0 Å². The van der Waals surface area contributed by atoms with Gasteiger partial charge in [0, 0.05) is 31.0 Å². The van der Waals surface area contributed by atoms with Crippen molar-refractivity contribution in [1.82, 2.24) is 20.5 Å². The van der Waals surface area contributed by atoms with E-state index in [-0.39, 0.29) is 0 Å². The fraction of sp³-hybridized carbons (Fsp3) is 0.176. The fourth-order valence-electron chi connectivity index (χ4n) is 2.31. The van der Waals surface area contributed by atoms with Gasteiger partial charge in [0.1, 0.15) is 0 Å². The fourth-order valence-corrected chi connectivity index (χ4v) is 2.31. The van der Waals surface area contributed by atoms with Crippen molar-refractivity contribution in [3.63, 3.8) is 0 Å². The van der Waals surface area contributed by atoms with Gasteiger partial charge in [0.25, 0.3) is 0 Å². The zero-order valence-corrected chi connectivity index (χ0v) is 12.0. The van der Waals surface area contributed by atoms with E-state index in [1.807, 2.05) is 42.9 Å². The molecule has 2 heterocycles. The van der Waals surface area contributed by atoms with Gasteiger partial charge >= 0.3 is 0 Å². The third-order valence-corrected chi connectivity index (χ3v) is 3.56. The Morgan fingerprint density at radius 2 is 1.81 bits per heavy atom. The van der Waals surface area contributed by atoms with Crippen molar-refractivity contribution in [1.29, 1.82) is 0 Å². The van der Waals surface area contributed by atoms with Crippen molar-refractivity contribution < 1.29 is 0 Å². The number of benzene rings is 1. The predicted octanol–water partition coefficient (Wildman–Crippen LogP) is 3.07. The lowest BCUT2D eigenvalue weighted by atomic mass is 10.1. The van der Waals surface area contributed by atoms with Crippen LogP contribution in [0.3, 0.4) is 0 Å². The molecule has 2 aromatic heterocycles. The molecule has 1 aromatic carbocycles. The quantitative estimate of drug-likeness (QED) is 0.754. The normalized spacial score (nSPS) is 10.7. The highest BCUT2D eigenvalue weighted by Gasteiger charge is 2.07. The van der Waals surface area contributed by atoms with E-state index in [0.717, 1.165) is 24.3 Å². The minimum Gasteiger partial charge on any atom is -0.308 e. The smallest absolute Gasteiger partial charge is 0.0695 e. The van der Waals surface area contributed by atoms with Crippen LogP contribution in [-0.2, 0) is 13.1 Å². The largest absolute Gasteiger partial charge is 0.308 e. The second-order valence-corrected chi connectivity index (χ2v) is 5.04. The number of aromatic amines is 1. The molecule has 0 aliphatic rings. The van der Waals surface area contributed by atoms with Crippen molar-refractivity contribution in [3.05, 3.63) is 71.7 Å². The summed E-state index contributed by atoms with van der Waals surface area (Å²) in [5, 5.41) is 10.7. The van der Waals surface area contributed by atoms with Crippen LogP contribution in [0.4, 0.5) is 0 Å². The molecule has 21 heavy (non-hydrogen) atoms. The number of rotatable bonds is 5. The van der Waals surface area contributed by atoms with E-state index in [9.17, 15) is 0 Å². The molecule has 0 saturated carbocycles. The first-order chi connectivity index (χ1) is 10.3. The maximum Gasteiger partial charge on any atom is 0.0695 e. The second kappa shape index (κ2) is 6.33. The molecule has 0 radical (unpaired) electrons. The van der Waals surface area contributed by atoms with Crippen LogP contribution in [0.5, 0.6) is 0 Å². The van der Waals surface area contributed by atoms with Crippen molar-refractivity contribution in [2.75, 3.05) is 0 Å². The number of H-pyrrole nitrogens is 1. The molecule has 106 valence electrons. The van der Waals surface area contributed by atoms with Crippen LogP contribution in [0.1, 0.15) is 16.7 Å². The van der Waals surface area contributed by atoms with Gasteiger partial charge in [-0.15, -0.1) is 0 Å². The zero-order valence-electron chi connectivity index (χ0n) is 12.0. The highest BCUT2D eigenvalue weighted by Crippen LogP contribution is 2.20. The Morgan fingerprint density at radius 1 is 1.00 bits per heavy atom. The average molecular weight is 278 g/mol. The maximum atomic E-state index is 4.17. The molecule has 3 aromatic rings. The molecule has 0 amide bonds. The predicted molar refractivity (Wildman–Crippen MR) is 83.5 cm³/mol. The number of aryl methyl sites for hydroxylation is 1. The summed E-state index contributed by atoms with van der Waals surface area (Å²) < 4.78 is 0. The van der Waals surface area contributed by atoms with Crippen molar-refractivity contribution in [2.24, 2.45) is 0 Å².